The number of hydrogen-bond donors (Lipinski definition) is 1. The van der Waals surface area contributed by atoms with Crippen LogP contribution in [0.1, 0.15) is 36.8 Å². The molecule has 1 aliphatic heterocycles. The third kappa shape index (κ3) is 5.18. The van der Waals surface area contributed by atoms with Crippen LogP contribution < -0.4 is 10.1 Å². The molecule has 1 atom stereocenters. The van der Waals surface area contributed by atoms with E-state index in [0.29, 0.717) is 13.0 Å². The number of aromatic nitrogens is 2. The van der Waals surface area contributed by atoms with E-state index in [0.717, 1.165) is 48.9 Å². The molecule has 2 heterocycles. The molecule has 0 aliphatic carbocycles. The fourth-order valence-electron chi connectivity index (χ4n) is 3.39. The Labute approximate surface area is 161 Å². The van der Waals surface area contributed by atoms with Crippen molar-refractivity contribution in [2.45, 2.75) is 45.6 Å². The van der Waals surface area contributed by atoms with Gasteiger partial charge in [0.05, 0.1) is 13.2 Å². The molecule has 1 aromatic carbocycles. The molecule has 1 fully saturated rings. The minimum absolute atomic E-state index is 0.0946. The van der Waals surface area contributed by atoms with Crippen LogP contribution in [0.4, 0.5) is 5.82 Å². The van der Waals surface area contributed by atoms with Crippen LogP contribution in [0.25, 0.3) is 0 Å². The van der Waals surface area contributed by atoms with E-state index in [4.69, 9.17) is 4.74 Å². The van der Waals surface area contributed by atoms with E-state index in [1.165, 1.54) is 5.56 Å². The van der Waals surface area contributed by atoms with E-state index in [9.17, 15) is 4.79 Å². The summed E-state index contributed by atoms with van der Waals surface area (Å²) in [4.78, 5) is 23.3. The average molecular weight is 368 g/mol. The van der Waals surface area contributed by atoms with Gasteiger partial charge in [-0.25, -0.2) is 9.97 Å². The first-order chi connectivity index (χ1) is 13.1. The van der Waals surface area contributed by atoms with Crippen LogP contribution >= 0.6 is 0 Å². The number of methoxy groups -OCH3 is 1. The van der Waals surface area contributed by atoms with Crippen LogP contribution in [-0.2, 0) is 17.6 Å². The second-order valence-corrected chi connectivity index (χ2v) is 7.04. The van der Waals surface area contributed by atoms with Gasteiger partial charge in [-0.15, -0.1) is 0 Å². The van der Waals surface area contributed by atoms with Crippen molar-refractivity contribution in [3.63, 3.8) is 0 Å². The second kappa shape index (κ2) is 8.84. The van der Waals surface area contributed by atoms with E-state index in [-0.39, 0.29) is 11.9 Å². The fraction of sp³-hybridized carbons (Fsp3) is 0.476. The summed E-state index contributed by atoms with van der Waals surface area (Å²) >= 11 is 0. The number of likely N-dealkylation sites (tertiary alicyclic amines) is 1. The molecule has 1 amide bonds. The van der Waals surface area contributed by atoms with Gasteiger partial charge < -0.3 is 15.0 Å². The molecule has 1 N–H and O–H groups in total. The maximum Gasteiger partial charge on any atom is 0.224 e. The number of nitrogens with one attached hydrogen (secondary N) is 1. The van der Waals surface area contributed by atoms with Crippen LogP contribution in [0, 0.1) is 6.92 Å². The van der Waals surface area contributed by atoms with Gasteiger partial charge in [-0.05, 0) is 37.5 Å². The van der Waals surface area contributed by atoms with Crippen molar-refractivity contribution >= 4 is 11.7 Å². The predicted octanol–water partition coefficient (Wildman–Crippen LogP) is 3.00. The lowest BCUT2D eigenvalue weighted by atomic mass is 10.1. The summed E-state index contributed by atoms with van der Waals surface area (Å²) in [5.74, 6) is 2.73. The first-order valence-corrected chi connectivity index (χ1v) is 9.59. The van der Waals surface area contributed by atoms with Crippen LogP contribution in [0.3, 0.4) is 0 Å². The third-order valence-electron chi connectivity index (χ3n) is 4.77. The van der Waals surface area contributed by atoms with Gasteiger partial charge in [0.25, 0.3) is 0 Å². The van der Waals surface area contributed by atoms with Gasteiger partial charge in [0, 0.05) is 37.7 Å². The maximum absolute atomic E-state index is 12.4. The van der Waals surface area contributed by atoms with Gasteiger partial charge in [0.1, 0.15) is 17.4 Å². The zero-order valence-electron chi connectivity index (χ0n) is 16.4. The fourth-order valence-corrected chi connectivity index (χ4v) is 3.39. The van der Waals surface area contributed by atoms with E-state index in [1.54, 1.807) is 7.11 Å². The molecule has 2 aromatic rings. The van der Waals surface area contributed by atoms with Gasteiger partial charge >= 0.3 is 0 Å². The summed E-state index contributed by atoms with van der Waals surface area (Å²) in [6.07, 6.45) is 3.24. The van der Waals surface area contributed by atoms with Crippen molar-refractivity contribution in [1.82, 2.24) is 14.9 Å². The van der Waals surface area contributed by atoms with Gasteiger partial charge in [-0.1, -0.05) is 19.1 Å². The minimum Gasteiger partial charge on any atom is -0.497 e. The highest BCUT2D eigenvalue weighted by molar-refractivity contribution is 5.80. The van der Waals surface area contributed by atoms with Crippen LogP contribution in [0.15, 0.2) is 30.3 Å². The van der Waals surface area contributed by atoms with Crippen LogP contribution in [-0.4, -0.2) is 47.0 Å². The summed E-state index contributed by atoms with van der Waals surface area (Å²) < 4.78 is 5.18. The summed E-state index contributed by atoms with van der Waals surface area (Å²) in [6, 6.07) is 10.1. The van der Waals surface area contributed by atoms with Crippen LogP contribution in [0.2, 0.25) is 0 Å². The second-order valence-electron chi connectivity index (χ2n) is 7.04. The zero-order chi connectivity index (χ0) is 19.2. The van der Waals surface area contributed by atoms with Gasteiger partial charge in [0.15, 0.2) is 0 Å². The molecule has 0 radical (unpaired) electrons. The Morgan fingerprint density at radius 1 is 1.22 bits per heavy atom. The Hall–Kier alpha value is -2.63. The van der Waals surface area contributed by atoms with Crippen molar-refractivity contribution < 1.29 is 9.53 Å². The van der Waals surface area contributed by atoms with E-state index in [2.05, 4.69) is 22.2 Å². The number of hydrogen-bond acceptors (Lipinski definition) is 5. The molecule has 0 unspecified atom stereocenters. The Kier molecular flexibility index (Phi) is 6.27. The molecular weight excluding hydrogens is 340 g/mol. The SMILES string of the molecule is CCCc1nc(C)cc(N[C@@H]2CC(=O)N(CCc3ccc(OC)cc3)C2)n1. The van der Waals surface area contributed by atoms with E-state index >= 15 is 0 Å². The number of aryl methyl sites for hydroxylation is 2. The maximum atomic E-state index is 12.4. The third-order valence-corrected chi connectivity index (χ3v) is 4.77. The van der Waals surface area contributed by atoms with Crippen LogP contribution in [0.5, 0.6) is 5.75 Å². The summed E-state index contributed by atoms with van der Waals surface area (Å²) in [5, 5.41) is 3.42. The highest BCUT2D eigenvalue weighted by Crippen LogP contribution is 2.18. The topological polar surface area (TPSA) is 67.4 Å². The van der Waals surface area contributed by atoms with E-state index < -0.39 is 0 Å². The van der Waals surface area contributed by atoms with Gasteiger partial charge in [-0.3, -0.25) is 4.79 Å². The molecule has 6 nitrogen and oxygen atoms in total. The van der Waals surface area contributed by atoms with Crippen molar-refractivity contribution in [1.29, 1.82) is 0 Å². The largest absolute Gasteiger partial charge is 0.497 e. The van der Waals surface area contributed by atoms with Crippen molar-refractivity contribution in [3.8, 4) is 5.75 Å². The number of benzene rings is 1. The molecule has 1 aliphatic rings. The highest BCUT2D eigenvalue weighted by atomic mass is 16.5. The number of anilines is 1. The lowest BCUT2D eigenvalue weighted by Gasteiger charge is -2.18. The molecule has 144 valence electrons. The monoisotopic (exact) mass is 368 g/mol. The van der Waals surface area contributed by atoms with Crippen molar-refractivity contribution in [3.05, 3.63) is 47.4 Å². The normalized spacial score (nSPS) is 16.6. The zero-order valence-corrected chi connectivity index (χ0v) is 16.4. The minimum atomic E-state index is 0.0946. The Morgan fingerprint density at radius 2 is 2.00 bits per heavy atom. The smallest absolute Gasteiger partial charge is 0.224 e. The molecule has 0 spiro atoms. The number of carbonyl (C=O) groups is 1. The van der Waals surface area contributed by atoms with Gasteiger partial charge in [0.2, 0.25) is 5.91 Å². The first kappa shape index (κ1) is 19.1. The summed E-state index contributed by atoms with van der Waals surface area (Å²) in [7, 11) is 1.66. The van der Waals surface area contributed by atoms with E-state index in [1.807, 2.05) is 42.2 Å². The number of amides is 1. The molecule has 3 rings (SSSR count). The number of ether oxygens (including phenoxy) is 1. The standard InChI is InChI=1S/C21H28N4O2/c1-4-5-19-22-15(2)12-20(24-19)23-17-13-21(26)25(14-17)11-10-16-6-8-18(27-3)9-7-16/h6-9,12,17H,4-5,10-11,13-14H2,1-3H3,(H,22,23,24)/t17-/m1/s1. The Bertz CT molecular complexity index is 776. The molecular formula is C21H28N4O2. The molecule has 27 heavy (non-hydrogen) atoms. The molecule has 6 heteroatoms. The van der Waals surface area contributed by atoms with Gasteiger partial charge in [-0.2, -0.15) is 0 Å². The average Bonchev–Trinajstić information content (AvgIpc) is 2.99. The predicted molar refractivity (Wildman–Crippen MR) is 106 cm³/mol. The summed E-state index contributed by atoms with van der Waals surface area (Å²) in [6.45, 7) is 5.54. The molecule has 0 bridgehead atoms. The number of rotatable bonds is 8. The summed E-state index contributed by atoms with van der Waals surface area (Å²) in [5.41, 5.74) is 2.16. The quantitative estimate of drug-likeness (QED) is 0.776. The Morgan fingerprint density at radius 3 is 2.70 bits per heavy atom. The molecule has 0 saturated carbocycles. The lowest BCUT2D eigenvalue weighted by Crippen LogP contribution is -2.30. The Balaban J connectivity index is 1.55. The molecule has 1 saturated heterocycles. The number of carbonyl (C=O) groups excluding carboxylic acids is 1. The van der Waals surface area contributed by atoms with Crippen molar-refractivity contribution in [2.24, 2.45) is 0 Å². The highest BCUT2D eigenvalue weighted by Gasteiger charge is 2.29. The van der Waals surface area contributed by atoms with Crippen molar-refractivity contribution in [2.75, 3.05) is 25.5 Å². The lowest BCUT2D eigenvalue weighted by molar-refractivity contribution is -0.127. The number of nitrogens with zero attached hydrogens (tertiary/aromatic N) is 3. The first-order valence-electron chi connectivity index (χ1n) is 9.59. The molecule has 1 aromatic heterocycles.